The number of carbonyl (C=O) groups is 1. The maximum atomic E-state index is 12.3. The van der Waals surface area contributed by atoms with E-state index < -0.39 is 5.54 Å². The fourth-order valence-electron chi connectivity index (χ4n) is 2.22. The summed E-state index contributed by atoms with van der Waals surface area (Å²) in [6.45, 7) is 10.00. The molecule has 0 unspecified atom stereocenters. The third-order valence-electron chi connectivity index (χ3n) is 3.24. The van der Waals surface area contributed by atoms with Crippen LogP contribution < -0.4 is 5.32 Å². The molecule has 6 heteroatoms. The van der Waals surface area contributed by atoms with Gasteiger partial charge in [0.1, 0.15) is 12.2 Å². The first kappa shape index (κ1) is 13.0. The maximum absolute atomic E-state index is 12.3. The van der Waals surface area contributed by atoms with Gasteiger partial charge in [0.2, 0.25) is 5.91 Å². The van der Waals surface area contributed by atoms with E-state index in [-0.39, 0.29) is 11.9 Å². The fourth-order valence-corrected chi connectivity index (χ4v) is 2.22. The average Bonchev–Trinajstić information content (AvgIpc) is 2.73. The molecule has 1 aliphatic rings. The molecule has 0 aromatic carbocycles. The van der Waals surface area contributed by atoms with Gasteiger partial charge in [0.05, 0.1) is 12.1 Å². The van der Waals surface area contributed by atoms with E-state index in [0.29, 0.717) is 13.1 Å². The van der Waals surface area contributed by atoms with E-state index in [1.54, 1.807) is 6.33 Å². The molecule has 2 rings (SSSR count). The van der Waals surface area contributed by atoms with Crippen LogP contribution in [0.2, 0.25) is 0 Å². The summed E-state index contributed by atoms with van der Waals surface area (Å²) in [6.07, 6.45) is 1.55. The number of nitrogens with one attached hydrogen (secondary N) is 1. The molecule has 0 spiro atoms. The highest BCUT2D eigenvalue weighted by molar-refractivity contribution is 5.86. The second-order valence-electron chi connectivity index (χ2n) is 5.49. The van der Waals surface area contributed by atoms with Crippen LogP contribution in [0.5, 0.6) is 0 Å². The topological polar surface area (TPSA) is 63.1 Å². The van der Waals surface area contributed by atoms with E-state index >= 15 is 0 Å². The highest BCUT2D eigenvalue weighted by atomic mass is 16.2. The minimum atomic E-state index is -0.485. The molecular weight excluding hydrogens is 230 g/mol. The van der Waals surface area contributed by atoms with Gasteiger partial charge < -0.3 is 10.2 Å². The minimum absolute atomic E-state index is 0.118. The van der Waals surface area contributed by atoms with Crippen LogP contribution in [-0.4, -0.2) is 44.2 Å². The van der Waals surface area contributed by atoms with Crippen LogP contribution in [0.15, 0.2) is 6.33 Å². The van der Waals surface area contributed by atoms with Gasteiger partial charge >= 0.3 is 0 Å². The van der Waals surface area contributed by atoms with Crippen molar-refractivity contribution in [3.05, 3.63) is 12.2 Å². The van der Waals surface area contributed by atoms with E-state index in [4.69, 9.17) is 0 Å². The van der Waals surface area contributed by atoms with Crippen molar-refractivity contribution in [2.24, 2.45) is 0 Å². The summed E-state index contributed by atoms with van der Waals surface area (Å²) in [5.74, 6) is 0.961. The van der Waals surface area contributed by atoms with E-state index in [0.717, 1.165) is 12.4 Å². The number of hydrogen-bond donors (Lipinski definition) is 1. The molecule has 18 heavy (non-hydrogen) atoms. The minimum Gasteiger partial charge on any atom is -0.332 e. The van der Waals surface area contributed by atoms with E-state index in [9.17, 15) is 4.79 Å². The molecule has 0 radical (unpaired) electrons. The Labute approximate surface area is 107 Å². The van der Waals surface area contributed by atoms with Crippen LogP contribution >= 0.6 is 0 Å². The Balaban J connectivity index is 2.14. The summed E-state index contributed by atoms with van der Waals surface area (Å²) in [5, 5.41) is 7.42. The van der Waals surface area contributed by atoms with Gasteiger partial charge in [-0.25, -0.2) is 9.67 Å². The third-order valence-corrected chi connectivity index (χ3v) is 3.24. The number of rotatable bonds is 3. The molecule has 100 valence electrons. The average molecular weight is 251 g/mol. The van der Waals surface area contributed by atoms with Crippen molar-refractivity contribution >= 4 is 5.91 Å². The van der Waals surface area contributed by atoms with Gasteiger partial charge in [-0.3, -0.25) is 4.79 Å². The normalized spacial score (nSPS) is 19.6. The zero-order valence-corrected chi connectivity index (χ0v) is 11.5. The van der Waals surface area contributed by atoms with Gasteiger partial charge in [0, 0.05) is 19.1 Å². The van der Waals surface area contributed by atoms with Crippen LogP contribution in [-0.2, 0) is 11.3 Å². The molecule has 1 N–H and O–H groups in total. The molecule has 0 aliphatic carbocycles. The van der Waals surface area contributed by atoms with E-state index in [1.165, 1.54) is 0 Å². The Hall–Kier alpha value is -1.43. The van der Waals surface area contributed by atoms with Crippen molar-refractivity contribution in [2.75, 3.05) is 13.1 Å². The Morgan fingerprint density at radius 1 is 1.50 bits per heavy atom. The second kappa shape index (κ2) is 4.68. The summed E-state index contributed by atoms with van der Waals surface area (Å²) in [7, 11) is 0. The standard InChI is InChI=1S/C12H21N5O/c1-9(2)17-10(13-8-15-17)7-16-6-5-14-12(3,4)11(16)18/h8-9,14H,5-7H2,1-4H3. The van der Waals surface area contributed by atoms with E-state index in [1.807, 2.05) is 23.4 Å². The molecule has 0 bridgehead atoms. The summed E-state index contributed by atoms with van der Waals surface area (Å²) < 4.78 is 1.86. The van der Waals surface area contributed by atoms with Crippen molar-refractivity contribution in [3.63, 3.8) is 0 Å². The molecule has 0 saturated carbocycles. The SMILES string of the molecule is CC(C)n1ncnc1CN1CCNC(C)(C)C1=O. The lowest BCUT2D eigenvalue weighted by Gasteiger charge is -2.37. The summed E-state index contributed by atoms with van der Waals surface area (Å²) >= 11 is 0. The van der Waals surface area contributed by atoms with Crippen LogP contribution in [0.25, 0.3) is 0 Å². The molecule has 1 aromatic heterocycles. The van der Waals surface area contributed by atoms with Gasteiger partial charge in [0.25, 0.3) is 0 Å². The molecular formula is C12H21N5O. The Kier molecular flexibility index (Phi) is 3.38. The lowest BCUT2D eigenvalue weighted by molar-refractivity contribution is -0.140. The van der Waals surface area contributed by atoms with E-state index in [2.05, 4.69) is 29.2 Å². The van der Waals surface area contributed by atoms with Crippen molar-refractivity contribution < 1.29 is 4.79 Å². The van der Waals surface area contributed by atoms with Crippen LogP contribution in [0, 0.1) is 0 Å². The monoisotopic (exact) mass is 251 g/mol. The number of piperazine rings is 1. The first-order valence-corrected chi connectivity index (χ1v) is 6.34. The largest absolute Gasteiger partial charge is 0.332 e. The van der Waals surface area contributed by atoms with Crippen LogP contribution in [0.4, 0.5) is 0 Å². The Bertz CT molecular complexity index is 437. The molecule has 1 aliphatic heterocycles. The van der Waals surface area contributed by atoms with Crippen LogP contribution in [0.3, 0.4) is 0 Å². The molecule has 1 aromatic rings. The van der Waals surface area contributed by atoms with Crippen molar-refractivity contribution in [1.29, 1.82) is 0 Å². The maximum Gasteiger partial charge on any atom is 0.242 e. The highest BCUT2D eigenvalue weighted by Crippen LogP contribution is 2.15. The zero-order chi connectivity index (χ0) is 13.3. The van der Waals surface area contributed by atoms with Gasteiger partial charge in [-0.15, -0.1) is 0 Å². The number of amides is 1. The quantitative estimate of drug-likeness (QED) is 0.853. The molecule has 1 amide bonds. The molecule has 6 nitrogen and oxygen atoms in total. The predicted octanol–water partition coefficient (Wildman–Crippen LogP) is 0.569. The van der Waals surface area contributed by atoms with Crippen molar-refractivity contribution in [2.45, 2.75) is 45.8 Å². The van der Waals surface area contributed by atoms with Gasteiger partial charge in [0.15, 0.2) is 0 Å². The Morgan fingerprint density at radius 2 is 2.22 bits per heavy atom. The number of aromatic nitrogens is 3. The molecule has 1 fully saturated rings. The van der Waals surface area contributed by atoms with Crippen molar-refractivity contribution in [3.8, 4) is 0 Å². The fraction of sp³-hybridized carbons (Fsp3) is 0.750. The molecule has 0 atom stereocenters. The lowest BCUT2D eigenvalue weighted by atomic mass is 10.0. The lowest BCUT2D eigenvalue weighted by Crippen LogP contribution is -2.60. The number of carbonyl (C=O) groups excluding carboxylic acids is 1. The summed E-state index contributed by atoms with van der Waals surface area (Å²) in [4.78, 5) is 18.4. The first-order valence-electron chi connectivity index (χ1n) is 6.34. The first-order chi connectivity index (χ1) is 8.42. The number of hydrogen-bond acceptors (Lipinski definition) is 4. The van der Waals surface area contributed by atoms with Crippen LogP contribution in [0.1, 0.15) is 39.6 Å². The second-order valence-corrected chi connectivity index (χ2v) is 5.49. The highest BCUT2D eigenvalue weighted by Gasteiger charge is 2.35. The van der Waals surface area contributed by atoms with Gasteiger partial charge in [-0.2, -0.15) is 5.10 Å². The Morgan fingerprint density at radius 3 is 2.89 bits per heavy atom. The van der Waals surface area contributed by atoms with Gasteiger partial charge in [-0.05, 0) is 27.7 Å². The zero-order valence-electron chi connectivity index (χ0n) is 11.5. The smallest absolute Gasteiger partial charge is 0.242 e. The van der Waals surface area contributed by atoms with Gasteiger partial charge in [-0.1, -0.05) is 0 Å². The third kappa shape index (κ3) is 2.38. The molecule has 2 heterocycles. The summed E-state index contributed by atoms with van der Waals surface area (Å²) in [5.41, 5.74) is -0.485. The number of nitrogens with zero attached hydrogens (tertiary/aromatic N) is 4. The van der Waals surface area contributed by atoms with Crippen molar-refractivity contribution in [1.82, 2.24) is 25.0 Å². The molecule has 1 saturated heterocycles. The predicted molar refractivity (Wildman–Crippen MR) is 67.9 cm³/mol. The summed E-state index contributed by atoms with van der Waals surface area (Å²) in [6, 6.07) is 0.258.